The number of hydrogen-bond acceptors (Lipinski definition) is 5. The van der Waals surface area contributed by atoms with Crippen molar-refractivity contribution in [2.24, 2.45) is 0 Å². The highest BCUT2D eigenvalue weighted by Crippen LogP contribution is 2.27. The maximum atomic E-state index is 13.6. The molecule has 1 atom stereocenters. The topological polar surface area (TPSA) is 65.9 Å². The third-order valence-electron chi connectivity index (χ3n) is 6.04. The second-order valence-corrected chi connectivity index (χ2v) is 8.92. The van der Waals surface area contributed by atoms with Crippen molar-refractivity contribution >= 4 is 17.5 Å². The Morgan fingerprint density at radius 3 is 2.18 bits per heavy atom. The number of hydrogen-bond donors (Lipinski definition) is 1. The number of pyridine rings is 1. The molecule has 0 bridgehead atoms. The molecule has 0 aliphatic carbocycles. The molecule has 1 saturated heterocycles. The minimum atomic E-state index is -0.596. The Morgan fingerprint density at radius 2 is 1.59 bits per heavy atom. The fraction of sp³-hybridized carbons (Fsp3) is 0.333. The second-order valence-electron chi connectivity index (χ2n) is 8.54. The molecule has 1 aromatic heterocycles. The van der Waals surface area contributed by atoms with Gasteiger partial charge in [-0.05, 0) is 28.8 Å². The minimum Gasteiger partial charge on any atom is -0.389 e. The molecule has 2 aromatic carbocycles. The van der Waals surface area contributed by atoms with Crippen molar-refractivity contribution < 1.29 is 14.6 Å². The van der Waals surface area contributed by atoms with Crippen molar-refractivity contribution in [3.63, 3.8) is 0 Å². The van der Waals surface area contributed by atoms with Crippen LogP contribution in [0.1, 0.15) is 22.6 Å². The van der Waals surface area contributed by atoms with Gasteiger partial charge >= 0.3 is 0 Å². The lowest BCUT2D eigenvalue weighted by molar-refractivity contribution is -0.133. The maximum absolute atomic E-state index is 13.6. The fourth-order valence-electron chi connectivity index (χ4n) is 4.30. The SMILES string of the molecule is O=C(C(c1ccccc1)c1ccccc1)N1CCN(CC(O)COCc2ccnc(Cl)c2)CC1. The molecule has 0 saturated carbocycles. The first-order valence-corrected chi connectivity index (χ1v) is 11.9. The largest absolute Gasteiger partial charge is 0.389 e. The average molecular weight is 480 g/mol. The Balaban J connectivity index is 1.28. The van der Waals surface area contributed by atoms with Crippen molar-refractivity contribution in [2.75, 3.05) is 39.3 Å². The summed E-state index contributed by atoms with van der Waals surface area (Å²) in [5.41, 5.74) is 2.93. The van der Waals surface area contributed by atoms with Crippen molar-refractivity contribution in [3.8, 4) is 0 Å². The summed E-state index contributed by atoms with van der Waals surface area (Å²) >= 11 is 5.89. The summed E-state index contributed by atoms with van der Waals surface area (Å²) in [5.74, 6) is -0.188. The number of halogens is 1. The third kappa shape index (κ3) is 6.64. The third-order valence-corrected chi connectivity index (χ3v) is 6.24. The lowest BCUT2D eigenvalue weighted by atomic mass is 9.90. The molecular weight excluding hydrogens is 450 g/mol. The molecule has 1 fully saturated rings. The van der Waals surface area contributed by atoms with E-state index in [1.807, 2.05) is 71.6 Å². The molecular formula is C27H30ClN3O3. The van der Waals surface area contributed by atoms with Crippen LogP contribution in [0.2, 0.25) is 5.15 Å². The van der Waals surface area contributed by atoms with Crippen molar-refractivity contribution in [1.29, 1.82) is 0 Å². The van der Waals surface area contributed by atoms with Crippen LogP contribution in [0.25, 0.3) is 0 Å². The quantitative estimate of drug-likeness (QED) is 0.475. The summed E-state index contributed by atoms with van der Waals surface area (Å²) in [4.78, 5) is 21.6. The standard InChI is InChI=1S/C27H30ClN3O3/c28-25-17-21(11-12-29-25)19-34-20-24(32)18-30-13-15-31(16-14-30)27(33)26(22-7-3-1-4-8-22)23-9-5-2-6-10-23/h1-12,17,24,26,32H,13-16,18-20H2. The zero-order valence-corrected chi connectivity index (χ0v) is 19.8. The van der Waals surface area contributed by atoms with Crippen LogP contribution in [0, 0.1) is 0 Å². The number of aliphatic hydroxyl groups is 1. The first kappa shape index (κ1) is 24.4. The van der Waals surface area contributed by atoms with Crippen LogP contribution >= 0.6 is 11.6 Å². The first-order chi connectivity index (χ1) is 16.6. The Labute approximate surface area is 205 Å². The number of amides is 1. The van der Waals surface area contributed by atoms with E-state index in [0.29, 0.717) is 31.4 Å². The Kier molecular flexibility index (Phi) is 8.66. The van der Waals surface area contributed by atoms with Gasteiger partial charge in [0, 0.05) is 38.9 Å². The van der Waals surface area contributed by atoms with Crippen LogP contribution < -0.4 is 0 Å². The summed E-state index contributed by atoms with van der Waals surface area (Å²) in [7, 11) is 0. The van der Waals surface area contributed by atoms with E-state index in [0.717, 1.165) is 29.8 Å². The summed E-state index contributed by atoms with van der Waals surface area (Å²) < 4.78 is 5.64. The van der Waals surface area contributed by atoms with E-state index in [9.17, 15) is 9.90 Å². The van der Waals surface area contributed by atoms with Gasteiger partial charge in [0.15, 0.2) is 0 Å². The molecule has 7 heteroatoms. The van der Waals surface area contributed by atoms with Gasteiger partial charge in [-0.15, -0.1) is 0 Å². The van der Waals surface area contributed by atoms with Gasteiger partial charge in [-0.1, -0.05) is 72.3 Å². The van der Waals surface area contributed by atoms with Gasteiger partial charge in [-0.2, -0.15) is 0 Å². The van der Waals surface area contributed by atoms with Gasteiger partial charge in [0.25, 0.3) is 0 Å². The molecule has 1 aliphatic heterocycles. The second kappa shape index (κ2) is 12.1. The number of nitrogens with zero attached hydrogens (tertiary/aromatic N) is 3. The highest BCUT2D eigenvalue weighted by molar-refractivity contribution is 6.29. The van der Waals surface area contributed by atoms with Crippen molar-refractivity contribution in [2.45, 2.75) is 18.6 Å². The number of carbonyl (C=O) groups excluding carboxylic acids is 1. The summed E-state index contributed by atoms with van der Waals surface area (Å²) in [6.07, 6.45) is 1.04. The predicted molar refractivity (Wildman–Crippen MR) is 133 cm³/mol. The molecule has 6 nitrogen and oxygen atoms in total. The summed E-state index contributed by atoms with van der Waals surface area (Å²) in [5, 5.41) is 10.8. The number of carbonyl (C=O) groups is 1. The number of benzene rings is 2. The van der Waals surface area contributed by atoms with Gasteiger partial charge < -0.3 is 14.7 Å². The highest BCUT2D eigenvalue weighted by atomic mass is 35.5. The molecule has 0 radical (unpaired) electrons. The van der Waals surface area contributed by atoms with E-state index in [-0.39, 0.29) is 18.4 Å². The molecule has 1 N–H and O–H groups in total. The number of aliphatic hydroxyl groups excluding tert-OH is 1. The van der Waals surface area contributed by atoms with Crippen molar-refractivity contribution in [3.05, 3.63) is 101 Å². The van der Waals surface area contributed by atoms with E-state index >= 15 is 0 Å². The van der Waals surface area contributed by atoms with E-state index in [1.165, 1.54) is 0 Å². The molecule has 1 amide bonds. The normalized spacial score (nSPS) is 15.4. The highest BCUT2D eigenvalue weighted by Gasteiger charge is 2.30. The van der Waals surface area contributed by atoms with E-state index < -0.39 is 6.10 Å². The first-order valence-electron chi connectivity index (χ1n) is 11.6. The molecule has 4 rings (SSSR count). The molecule has 1 aliphatic rings. The Bertz CT molecular complexity index is 1000. The van der Waals surface area contributed by atoms with Crippen LogP contribution in [0.4, 0.5) is 0 Å². The zero-order valence-electron chi connectivity index (χ0n) is 19.1. The van der Waals surface area contributed by atoms with Gasteiger partial charge in [-0.25, -0.2) is 4.98 Å². The number of ether oxygens (including phenoxy) is 1. The number of aromatic nitrogens is 1. The van der Waals surface area contributed by atoms with Crippen LogP contribution in [-0.4, -0.2) is 71.2 Å². The summed E-state index contributed by atoms with van der Waals surface area (Å²) in [6, 6.07) is 23.5. The molecule has 0 spiro atoms. The molecule has 1 unspecified atom stereocenters. The van der Waals surface area contributed by atoms with Gasteiger partial charge in [0.1, 0.15) is 5.15 Å². The van der Waals surface area contributed by atoms with Crippen LogP contribution in [0.5, 0.6) is 0 Å². The van der Waals surface area contributed by atoms with Crippen LogP contribution in [-0.2, 0) is 16.1 Å². The monoisotopic (exact) mass is 479 g/mol. The molecule has 34 heavy (non-hydrogen) atoms. The van der Waals surface area contributed by atoms with Crippen LogP contribution in [0.15, 0.2) is 79.0 Å². The molecule has 3 aromatic rings. The average Bonchev–Trinajstić information content (AvgIpc) is 2.86. The van der Waals surface area contributed by atoms with E-state index in [1.54, 1.807) is 12.3 Å². The number of rotatable bonds is 9. The lowest BCUT2D eigenvalue weighted by Crippen LogP contribution is -2.51. The lowest BCUT2D eigenvalue weighted by Gasteiger charge is -2.37. The van der Waals surface area contributed by atoms with Gasteiger partial charge in [-0.3, -0.25) is 9.69 Å². The molecule has 2 heterocycles. The number of β-amino-alcohol motifs (C(OH)–C–C–N with tert-alkyl or cyclic N) is 1. The maximum Gasteiger partial charge on any atom is 0.234 e. The Morgan fingerprint density at radius 1 is 0.971 bits per heavy atom. The summed E-state index contributed by atoms with van der Waals surface area (Å²) in [6.45, 7) is 3.85. The van der Waals surface area contributed by atoms with Crippen LogP contribution in [0.3, 0.4) is 0 Å². The van der Waals surface area contributed by atoms with E-state index in [4.69, 9.17) is 16.3 Å². The zero-order chi connectivity index (χ0) is 23.8. The van der Waals surface area contributed by atoms with Crippen molar-refractivity contribution in [1.82, 2.24) is 14.8 Å². The smallest absolute Gasteiger partial charge is 0.234 e. The minimum absolute atomic E-state index is 0.122. The Hall–Kier alpha value is -2.77. The van der Waals surface area contributed by atoms with Gasteiger partial charge in [0.2, 0.25) is 5.91 Å². The molecule has 178 valence electrons. The predicted octanol–water partition coefficient (Wildman–Crippen LogP) is 3.59. The fourth-order valence-corrected chi connectivity index (χ4v) is 4.49. The van der Waals surface area contributed by atoms with Gasteiger partial charge in [0.05, 0.1) is 25.2 Å². The number of piperazine rings is 1. The van der Waals surface area contributed by atoms with E-state index in [2.05, 4.69) is 9.88 Å².